The number of rotatable bonds is 1. The Morgan fingerprint density at radius 3 is 2.36 bits per heavy atom. The van der Waals surface area contributed by atoms with Crippen molar-refractivity contribution in [3.8, 4) is 0 Å². The molecular formula is C9H7F3OS. The zero-order chi connectivity index (χ0) is 10.9. The summed E-state index contributed by atoms with van der Waals surface area (Å²) in [5.41, 5.74) is -0.844. The van der Waals surface area contributed by atoms with Crippen LogP contribution in [-0.2, 0) is 6.18 Å². The van der Waals surface area contributed by atoms with E-state index in [1.54, 1.807) is 0 Å². The van der Waals surface area contributed by atoms with Crippen molar-refractivity contribution in [1.82, 2.24) is 0 Å². The predicted molar refractivity (Wildman–Crippen MR) is 48.7 cm³/mol. The number of halogens is 3. The molecule has 0 aromatic heterocycles. The Labute approximate surface area is 84.3 Å². The number of thiol groups is 1. The molecule has 0 radical (unpaired) electrons. The third-order valence-electron chi connectivity index (χ3n) is 1.71. The van der Waals surface area contributed by atoms with Gasteiger partial charge in [-0.3, -0.25) is 4.79 Å². The second-order valence-corrected chi connectivity index (χ2v) is 3.27. The molecule has 0 bridgehead atoms. The van der Waals surface area contributed by atoms with Gasteiger partial charge in [0.1, 0.15) is 0 Å². The number of benzene rings is 1. The minimum absolute atomic E-state index is 0.0372. The summed E-state index contributed by atoms with van der Waals surface area (Å²) in [6.07, 6.45) is -4.47. The second kappa shape index (κ2) is 3.65. The van der Waals surface area contributed by atoms with E-state index in [9.17, 15) is 18.0 Å². The van der Waals surface area contributed by atoms with Gasteiger partial charge in [0.15, 0.2) is 5.78 Å². The molecule has 1 aromatic rings. The lowest BCUT2D eigenvalue weighted by Gasteiger charge is -2.10. The molecule has 0 fully saturated rings. The lowest BCUT2D eigenvalue weighted by Crippen LogP contribution is -2.07. The minimum atomic E-state index is -4.47. The Morgan fingerprint density at radius 2 is 1.93 bits per heavy atom. The van der Waals surface area contributed by atoms with Gasteiger partial charge in [0.25, 0.3) is 0 Å². The van der Waals surface area contributed by atoms with Crippen LogP contribution in [0.2, 0.25) is 0 Å². The number of Topliss-reactive ketones (excluding diaryl/α,β-unsaturated/α-hetero) is 1. The minimum Gasteiger partial charge on any atom is -0.295 e. The van der Waals surface area contributed by atoms with Crippen LogP contribution in [0.4, 0.5) is 13.2 Å². The molecule has 76 valence electrons. The van der Waals surface area contributed by atoms with E-state index in [2.05, 4.69) is 12.6 Å². The van der Waals surface area contributed by atoms with Gasteiger partial charge in [-0.05, 0) is 19.1 Å². The monoisotopic (exact) mass is 220 g/mol. The van der Waals surface area contributed by atoms with Gasteiger partial charge in [0.05, 0.1) is 5.56 Å². The first-order valence-corrected chi connectivity index (χ1v) is 4.18. The topological polar surface area (TPSA) is 17.1 Å². The van der Waals surface area contributed by atoms with Crippen molar-refractivity contribution in [1.29, 1.82) is 0 Å². The molecule has 0 saturated carbocycles. The van der Waals surface area contributed by atoms with Gasteiger partial charge in [0, 0.05) is 10.5 Å². The third kappa shape index (κ3) is 2.29. The number of hydrogen-bond acceptors (Lipinski definition) is 2. The summed E-state index contributed by atoms with van der Waals surface area (Å²) in [5.74, 6) is -0.399. The average molecular weight is 220 g/mol. The van der Waals surface area contributed by atoms with Crippen LogP contribution < -0.4 is 0 Å². The number of carbonyl (C=O) groups excluding carboxylic acids is 1. The Balaban J connectivity index is 3.29. The zero-order valence-corrected chi connectivity index (χ0v) is 8.12. The standard InChI is InChI=1S/C9H7F3OS/c1-5(13)6-2-3-8(14)7(4-6)9(10,11)12/h2-4,14H,1H3. The normalized spacial score (nSPS) is 11.5. The second-order valence-electron chi connectivity index (χ2n) is 2.79. The molecule has 0 atom stereocenters. The van der Waals surface area contributed by atoms with Crippen LogP contribution in [0, 0.1) is 0 Å². The number of hydrogen-bond donors (Lipinski definition) is 1. The van der Waals surface area contributed by atoms with E-state index < -0.39 is 17.5 Å². The summed E-state index contributed by atoms with van der Waals surface area (Å²) in [5, 5.41) is 0. The van der Waals surface area contributed by atoms with E-state index >= 15 is 0 Å². The Kier molecular flexibility index (Phi) is 2.89. The summed E-state index contributed by atoms with van der Waals surface area (Å²) in [7, 11) is 0. The van der Waals surface area contributed by atoms with E-state index in [0.717, 1.165) is 6.07 Å². The molecule has 14 heavy (non-hydrogen) atoms. The first-order valence-electron chi connectivity index (χ1n) is 3.73. The predicted octanol–water partition coefficient (Wildman–Crippen LogP) is 3.20. The highest BCUT2D eigenvalue weighted by molar-refractivity contribution is 7.80. The summed E-state index contributed by atoms with van der Waals surface area (Å²) in [6.45, 7) is 1.22. The molecule has 0 heterocycles. The maximum absolute atomic E-state index is 12.3. The largest absolute Gasteiger partial charge is 0.417 e. The smallest absolute Gasteiger partial charge is 0.295 e. The highest BCUT2D eigenvalue weighted by atomic mass is 32.1. The quantitative estimate of drug-likeness (QED) is 0.568. The van der Waals surface area contributed by atoms with Gasteiger partial charge in [-0.15, -0.1) is 12.6 Å². The molecule has 0 aliphatic rings. The van der Waals surface area contributed by atoms with E-state index in [1.165, 1.54) is 19.1 Å². The molecule has 0 aliphatic heterocycles. The molecule has 1 nitrogen and oxygen atoms in total. The highest BCUT2D eigenvalue weighted by Crippen LogP contribution is 2.34. The van der Waals surface area contributed by atoms with Gasteiger partial charge in [-0.25, -0.2) is 0 Å². The van der Waals surface area contributed by atoms with Crippen LogP contribution in [0.5, 0.6) is 0 Å². The average Bonchev–Trinajstić information content (AvgIpc) is 2.02. The van der Waals surface area contributed by atoms with Gasteiger partial charge in [-0.1, -0.05) is 6.07 Å². The Morgan fingerprint density at radius 1 is 1.36 bits per heavy atom. The van der Waals surface area contributed by atoms with Crippen LogP contribution in [0.25, 0.3) is 0 Å². The lowest BCUT2D eigenvalue weighted by atomic mass is 10.1. The number of carbonyl (C=O) groups is 1. The van der Waals surface area contributed by atoms with Crippen molar-refractivity contribution in [3.63, 3.8) is 0 Å². The Hall–Kier alpha value is -0.970. The van der Waals surface area contributed by atoms with Crippen LogP contribution in [0.1, 0.15) is 22.8 Å². The maximum Gasteiger partial charge on any atom is 0.417 e. The molecule has 0 amide bonds. The van der Waals surface area contributed by atoms with Crippen LogP contribution in [0.15, 0.2) is 23.1 Å². The lowest BCUT2D eigenvalue weighted by molar-refractivity contribution is -0.139. The van der Waals surface area contributed by atoms with Gasteiger partial charge >= 0.3 is 6.18 Å². The van der Waals surface area contributed by atoms with E-state index in [1.807, 2.05) is 0 Å². The molecule has 0 saturated heterocycles. The zero-order valence-electron chi connectivity index (χ0n) is 7.22. The van der Waals surface area contributed by atoms with Crippen LogP contribution in [0.3, 0.4) is 0 Å². The molecule has 5 heteroatoms. The SMILES string of the molecule is CC(=O)c1ccc(S)c(C(F)(F)F)c1. The molecule has 1 rings (SSSR count). The summed E-state index contributed by atoms with van der Waals surface area (Å²) < 4.78 is 37.0. The molecule has 0 spiro atoms. The van der Waals surface area contributed by atoms with Gasteiger partial charge < -0.3 is 0 Å². The van der Waals surface area contributed by atoms with Crippen molar-refractivity contribution in [2.75, 3.05) is 0 Å². The van der Waals surface area contributed by atoms with Crippen molar-refractivity contribution >= 4 is 18.4 Å². The van der Waals surface area contributed by atoms with Crippen molar-refractivity contribution in [3.05, 3.63) is 29.3 Å². The van der Waals surface area contributed by atoms with Crippen molar-refractivity contribution in [2.45, 2.75) is 18.0 Å². The van der Waals surface area contributed by atoms with Gasteiger partial charge in [0.2, 0.25) is 0 Å². The van der Waals surface area contributed by atoms with Gasteiger partial charge in [-0.2, -0.15) is 13.2 Å². The summed E-state index contributed by atoms with van der Waals surface area (Å²) in [6, 6.07) is 3.30. The number of ketones is 1. The third-order valence-corrected chi connectivity index (χ3v) is 2.10. The van der Waals surface area contributed by atoms with E-state index in [4.69, 9.17) is 0 Å². The maximum atomic E-state index is 12.3. The summed E-state index contributed by atoms with van der Waals surface area (Å²) >= 11 is 3.68. The fraction of sp³-hybridized carbons (Fsp3) is 0.222. The van der Waals surface area contributed by atoms with Crippen LogP contribution >= 0.6 is 12.6 Å². The van der Waals surface area contributed by atoms with Crippen LogP contribution in [-0.4, -0.2) is 5.78 Å². The first-order chi connectivity index (χ1) is 6.32. The Bertz CT molecular complexity index is 371. The molecule has 1 aromatic carbocycles. The van der Waals surface area contributed by atoms with Crippen molar-refractivity contribution < 1.29 is 18.0 Å². The van der Waals surface area contributed by atoms with E-state index in [0.29, 0.717) is 0 Å². The first kappa shape index (κ1) is 11.1. The molecule has 0 unspecified atom stereocenters. The highest BCUT2D eigenvalue weighted by Gasteiger charge is 2.33. The van der Waals surface area contributed by atoms with E-state index in [-0.39, 0.29) is 10.5 Å². The fourth-order valence-electron chi connectivity index (χ4n) is 0.982. The molecule has 0 N–H and O–H groups in total. The number of alkyl halides is 3. The van der Waals surface area contributed by atoms with Crippen molar-refractivity contribution in [2.24, 2.45) is 0 Å². The molecule has 0 aliphatic carbocycles. The molecular weight excluding hydrogens is 213 g/mol. The summed E-state index contributed by atoms with van der Waals surface area (Å²) in [4.78, 5) is 10.7. The fourth-order valence-corrected chi connectivity index (χ4v) is 1.25.